The Kier molecular flexibility index (Phi) is 5.49. The van der Waals surface area contributed by atoms with Crippen LogP contribution in [-0.2, 0) is 11.2 Å². The zero-order valence-corrected chi connectivity index (χ0v) is 17.3. The van der Waals surface area contributed by atoms with E-state index in [9.17, 15) is 4.79 Å². The number of nitrogens with one attached hydrogen (secondary N) is 1. The molecule has 0 saturated heterocycles. The number of benzene rings is 3. The van der Waals surface area contributed by atoms with Crippen LogP contribution in [0.1, 0.15) is 29.5 Å². The fourth-order valence-electron chi connectivity index (χ4n) is 3.87. The first-order valence-electron chi connectivity index (χ1n) is 9.48. The average Bonchev–Trinajstić information content (AvgIpc) is 3.02. The van der Waals surface area contributed by atoms with Gasteiger partial charge in [0.25, 0.3) is 0 Å². The predicted molar refractivity (Wildman–Crippen MR) is 116 cm³/mol. The molecule has 3 aromatic carbocycles. The van der Waals surface area contributed by atoms with Gasteiger partial charge in [0, 0.05) is 16.4 Å². The highest BCUT2D eigenvalue weighted by Gasteiger charge is 2.29. The molecule has 0 fully saturated rings. The van der Waals surface area contributed by atoms with Crippen molar-refractivity contribution in [3.8, 4) is 11.1 Å². The van der Waals surface area contributed by atoms with Crippen LogP contribution in [0.5, 0.6) is 0 Å². The van der Waals surface area contributed by atoms with Gasteiger partial charge in [-0.15, -0.1) is 0 Å². The summed E-state index contributed by atoms with van der Waals surface area (Å²) < 4.78 is 6.66. The number of amides is 1. The van der Waals surface area contributed by atoms with Gasteiger partial charge in [0.2, 0.25) is 0 Å². The number of rotatable bonds is 5. The maximum atomic E-state index is 12.3. The number of fused-ring (bicyclic) bond motifs is 3. The van der Waals surface area contributed by atoms with Crippen LogP contribution in [0.25, 0.3) is 11.1 Å². The highest BCUT2D eigenvalue weighted by molar-refractivity contribution is 9.10. The van der Waals surface area contributed by atoms with Crippen molar-refractivity contribution < 1.29 is 9.53 Å². The van der Waals surface area contributed by atoms with Crippen LogP contribution < -0.4 is 5.32 Å². The van der Waals surface area contributed by atoms with Crippen molar-refractivity contribution in [2.75, 3.05) is 6.61 Å². The molecule has 1 amide bonds. The molecule has 28 heavy (non-hydrogen) atoms. The van der Waals surface area contributed by atoms with Gasteiger partial charge < -0.3 is 10.1 Å². The van der Waals surface area contributed by atoms with E-state index in [4.69, 9.17) is 4.74 Å². The third-order valence-corrected chi connectivity index (χ3v) is 5.69. The van der Waals surface area contributed by atoms with Gasteiger partial charge in [0.1, 0.15) is 6.61 Å². The van der Waals surface area contributed by atoms with Crippen molar-refractivity contribution in [2.24, 2.45) is 0 Å². The molecule has 3 nitrogen and oxygen atoms in total. The van der Waals surface area contributed by atoms with Crippen LogP contribution in [0, 0.1) is 0 Å². The van der Waals surface area contributed by atoms with E-state index in [0.29, 0.717) is 6.61 Å². The van der Waals surface area contributed by atoms with E-state index in [1.807, 2.05) is 31.2 Å². The Morgan fingerprint density at radius 2 is 1.54 bits per heavy atom. The molecule has 1 atom stereocenters. The van der Waals surface area contributed by atoms with E-state index in [1.165, 1.54) is 27.8 Å². The topological polar surface area (TPSA) is 38.3 Å². The monoisotopic (exact) mass is 435 g/mol. The summed E-state index contributed by atoms with van der Waals surface area (Å²) in [5.41, 5.74) is 6.08. The molecule has 1 aliphatic carbocycles. The highest BCUT2D eigenvalue weighted by Crippen LogP contribution is 2.44. The third kappa shape index (κ3) is 3.97. The minimum absolute atomic E-state index is 0.00294. The maximum absolute atomic E-state index is 12.3. The Morgan fingerprint density at radius 3 is 2.14 bits per heavy atom. The average molecular weight is 436 g/mol. The smallest absolute Gasteiger partial charge is 0.407 e. The van der Waals surface area contributed by atoms with Crippen molar-refractivity contribution >= 4 is 22.0 Å². The zero-order valence-electron chi connectivity index (χ0n) is 15.7. The first-order valence-corrected chi connectivity index (χ1v) is 10.3. The molecule has 4 rings (SSSR count). The molecule has 0 aliphatic heterocycles. The largest absolute Gasteiger partial charge is 0.449 e. The standard InChI is InChI=1S/C24H22BrNO2/c1-16(14-17-10-12-18(25)13-11-17)26-24(27)28-15-23-21-8-4-2-6-19(21)20-7-3-5-9-22(20)23/h2-13,16,23H,14-15H2,1H3,(H,26,27)/t16-/m0/s1. The van der Waals surface area contributed by atoms with Crippen molar-refractivity contribution in [1.29, 1.82) is 0 Å². The Balaban J connectivity index is 1.38. The van der Waals surface area contributed by atoms with E-state index in [2.05, 4.69) is 69.8 Å². The Hall–Kier alpha value is -2.59. The molecule has 3 aromatic rings. The fourth-order valence-corrected chi connectivity index (χ4v) is 4.13. The van der Waals surface area contributed by atoms with E-state index in [0.717, 1.165) is 10.9 Å². The van der Waals surface area contributed by atoms with Crippen LogP contribution >= 0.6 is 15.9 Å². The first kappa shape index (κ1) is 18.8. The number of ether oxygens (including phenoxy) is 1. The molecule has 142 valence electrons. The number of hydrogen-bond donors (Lipinski definition) is 1. The number of alkyl carbamates (subject to hydrolysis) is 1. The molecule has 0 saturated carbocycles. The van der Waals surface area contributed by atoms with Gasteiger partial charge in [-0.3, -0.25) is 0 Å². The van der Waals surface area contributed by atoms with E-state index in [1.54, 1.807) is 0 Å². The van der Waals surface area contributed by atoms with Crippen molar-refractivity contribution in [1.82, 2.24) is 5.32 Å². The fraction of sp³-hybridized carbons (Fsp3) is 0.208. The number of hydrogen-bond acceptors (Lipinski definition) is 2. The number of carbonyl (C=O) groups is 1. The number of carbonyl (C=O) groups excluding carboxylic acids is 1. The lowest BCUT2D eigenvalue weighted by molar-refractivity contribution is 0.139. The second-order valence-electron chi connectivity index (χ2n) is 7.20. The van der Waals surface area contributed by atoms with E-state index >= 15 is 0 Å². The SMILES string of the molecule is C[C@@H](Cc1ccc(Br)cc1)NC(=O)OCC1c2ccccc2-c2ccccc21. The molecule has 4 heteroatoms. The van der Waals surface area contributed by atoms with E-state index in [-0.39, 0.29) is 18.1 Å². The molecule has 1 aliphatic rings. The van der Waals surface area contributed by atoms with Gasteiger partial charge in [-0.25, -0.2) is 4.79 Å². The second-order valence-corrected chi connectivity index (χ2v) is 8.12. The van der Waals surface area contributed by atoms with Gasteiger partial charge in [-0.2, -0.15) is 0 Å². The van der Waals surface area contributed by atoms with Gasteiger partial charge >= 0.3 is 6.09 Å². The Labute approximate surface area is 173 Å². The van der Waals surface area contributed by atoms with Crippen LogP contribution in [0.2, 0.25) is 0 Å². The second kappa shape index (κ2) is 8.19. The minimum atomic E-state index is -0.369. The number of halogens is 1. The molecule has 0 bridgehead atoms. The summed E-state index contributed by atoms with van der Waals surface area (Å²) in [6.45, 7) is 2.33. The molecule has 0 radical (unpaired) electrons. The van der Waals surface area contributed by atoms with Crippen molar-refractivity contribution in [3.05, 3.63) is 94.0 Å². The lowest BCUT2D eigenvalue weighted by Gasteiger charge is -2.17. The third-order valence-electron chi connectivity index (χ3n) is 5.16. The summed E-state index contributed by atoms with van der Waals surface area (Å²) in [5, 5.41) is 2.94. The highest BCUT2D eigenvalue weighted by atomic mass is 79.9. The van der Waals surface area contributed by atoms with Crippen LogP contribution in [0.4, 0.5) is 4.79 Å². The summed E-state index contributed by atoms with van der Waals surface area (Å²) in [5.74, 6) is 0.0833. The molecule has 0 unspecified atom stereocenters. The summed E-state index contributed by atoms with van der Waals surface area (Å²) in [6, 6.07) is 24.8. The van der Waals surface area contributed by atoms with Crippen molar-refractivity contribution in [3.63, 3.8) is 0 Å². The molecule has 0 aromatic heterocycles. The summed E-state index contributed by atoms with van der Waals surface area (Å²) in [6.07, 6.45) is 0.392. The van der Waals surface area contributed by atoms with Crippen LogP contribution in [0.3, 0.4) is 0 Å². The predicted octanol–water partition coefficient (Wildman–Crippen LogP) is 5.92. The summed E-state index contributed by atoms with van der Waals surface area (Å²) >= 11 is 3.44. The Bertz CT molecular complexity index is 938. The molecule has 0 spiro atoms. The maximum Gasteiger partial charge on any atom is 0.407 e. The van der Waals surface area contributed by atoms with Gasteiger partial charge in [-0.05, 0) is 53.3 Å². The van der Waals surface area contributed by atoms with Crippen LogP contribution in [0.15, 0.2) is 77.3 Å². The van der Waals surface area contributed by atoms with Crippen molar-refractivity contribution in [2.45, 2.75) is 25.3 Å². The molecular formula is C24H22BrNO2. The van der Waals surface area contributed by atoms with E-state index < -0.39 is 0 Å². The zero-order chi connectivity index (χ0) is 19.5. The van der Waals surface area contributed by atoms with Gasteiger partial charge in [-0.1, -0.05) is 76.6 Å². The first-order chi connectivity index (χ1) is 13.6. The lowest BCUT2D eigenvalue weighted by atomic mass is 9.98. The quantitative estimate of drug-likeness (QED) is 0.539. The Morgan fingerprint density at radius 1 is 0.964 bits per heavy atom. The molecular weight excluding hydrogens is 414 g/mol. The normalized spacial score (nSPS) is 13.5. The van der Waals surface area contributed by atoms with Crippen LogP contribution in [-0.4, -0.2) is 18.7 Å². The molecule has 0 heterocycles. The summed E-state index contributed by atoms with van der Waals surface area (Å²) in [7, 11) is 0. The van der Waals surface area contributed by atoms with Gasteiger partial charge in [0.15, 0.2) is 0 Å². The molecule has 1 N–H and O–H groups in total. The lowest BCUT2D eigenvalue weighted by Crippen LogP contribution is -2.35. The summed E-state index contributed by atoms with van der Waals surface area (Å²) in [4.78, 5) is 12.3. The van der Waals surface area contributed by atoms with Gasteiger partial charge in [0.05, 0.1) is 0 Å². The minimum Gasteiger partial charge on any atom is -0.449 e.